The van der Waals surface area contributed by atoms with Gasteiger partial charge < -0.3 is 24.4 Å². The molecule has 134 valence electrons. The molecule has 1 saturated heterocycles. The standard InChI is InChI=1S/C16H22F2N2O4/c1-19-8-10-4-5-20(9-10)15(21)11-6-12(22-2)14(24-16(17)18)13(7-11)23-3/h6-7,10,16,19H,4-5,8-9H2,1-3H3. The second-order valence-corrected chi connectivity index (χ2v) is 5.55. The minimum atomic E-state index is -3.02. The fraction of sp³-hybridized carbons (Fsp3) is 0.562. The minimum Gasteiger partial charge on any atom is -0.493 e. The van der Waals surface area contributed by atoms with Crippen molar-refractivity contribution in [1.82, 2.24) is 10.2 Å². The Morgan fingerprint density at radius 2 is 1.96 bits per heavy atom. The summed E-state index contributed by atoms with van der Waals surface area (Å²) in [7, 11) is 4.52. The van der Waals surface area contributed by atoms with E-state index in [1.165, 1.54) is 26.4 Å². The summed E-state index contributed by atoms with van der Waals surface area (Å²) in [5.41, 5.74) is 0.315. The van der Waals surface area contributed by atoms with Crippen molar-refractivity contribution >= 4 is 5.91 Å². The Kier molecular flexibility index (Phi) is 6.19. The number of ether oxygens (including phenoxy) is 3. The molecule has 0 spiro atoms. The Morgan fingerprint density at radius 1 is 1.33 bits per heavy atom. The summed E-state index contributed by atoms with van der Waals surface area (Å²) in [6, 6.07) is 2.79. The van der Waals surface area contributed by atoms with Gasteiger partial charge in [-0.1, -0.05) is 0 Å². The third-order valence-electron chi connectivity index (χ3n) is 3.98. The van der Waals surface area contributed by atoms with E-state index in [1.807, 2.05) is 7.05 Å². The van der Waals surface area contributed by atoms with Gasteiger partial charge in [-0.25, -0.2) is 0 Å². The second-order valence-electron chi connectivity index (χ2n) is 5.55. The van der Waals surface area contributed by atoms with Crippen molar-refractivity contribution in [2.75, 3.05) is 40.9 Å². The van der Waals surface area contributed by atoms with Gasteiger partial charge in [-0.2, -0.15) is 8.78 Å². The summed E-state index contributed by atoms with van der Waals surface area (Å²) < 4.78 is 39.7. The summed E-state index contributed by atoms with van der Waals surface area (Å²) in [4.78, 5) is 14.4. The Balaban J connectivity index is 2.25. The lowest BCUT2D eigenvalue weighted by Crippen LogP contribution is -2.30. The number of carbonyl (C=O) groups is 1. The summed E-state index contributed by atoms with van der Waals surface area (Å²) in [6.07, 6.45) is 0.924. The zero-order chi connectivity index (χ0) is 17.7. The van der Waals surface area contributed by atoms with Crippen LogP contribution in [0.2, 0.25) is 0 Å². The molecule has 0 aromatic heterocycles. The lowest BCUT2D eigenvalue weighted by Gasteiger charge is -2.19. The van der Waals surface area contributed by atoms with Gasteiger partial charge in [0.15, 0.2) is 11.5 Å². The van der Waals surface area contributed by atoms with Crippen molar-refractivity contribution in [2.24, 2.45) is 5.92 Å². The Morgan fingerprint density at radius 3 is 2.46 bits per heavy atom. The number of carbonyl (C=O) groups excluding carboxylic acids is 1. The smallest absolute Gasteiger partial charge is 0.387 e. The van der Waals surface area contributed by atoms with E-state index in [2.05, 4.69) is 10.1 Å². The highest BCUT2D eigenvalue weighted by Gasteiger charge is 2.28. The average Bonchev–Trinajstić information content (AvgIpc) is 3.02. The summed E-state index contributed by atoms with van der Waals surface area (Å²) in [5.74, 6) is 0.0620. The van der Waals surface area contributed by atoms with Crippen LogP contribution >= 0.6 is 0 Å². The molecule has 1 heterocycles. The van der Waals surface area contributed by atoms with E-state index in [0.717, 1.165) is 13.0 Å². The molecular formula is C16H22F2N2O4. The van der Waals surface area contributed by atoms with Crippen LogP contribution < -0.4 is 19.5 Å². The first-order valence-electron chi connectivity index (χ1n) is 7.64. The first-order valence-corrected chi connectivity index (χ1v) is 7.64. The van der Waals surface area contributed by atoms with Crippen LogP contribution in [0.15, 0.2) is 12.1 Å². The molecule has 2 rings (SSSR count). The Hall–Kier alpha value is -2.09. The number of likely N-dealkylation sites (tertiary alicyclic amines) is 1. The van der Waals surface area contributed by atoms with Gasteiger partial charge in [0.05, 0.1) is 14.2 Å². The fourth-order valence-electron chi connectivity index (χ4n) is 2.86. The third kappa shape index (κ3) is 4.05. The van der Waals surface area contributed by atoms with Crippen LogP contribution in [0.5, 0.6) is 17.2 Å². The Bertz CT molecular complexity index is 558. The molecular weight excluding hydrogens is 322 g/mol. The zero-order valence-corrected chi connectivity index (χ0v) is 14.0. The van der Waals surface area contributed by atoms with Gasteiger partial charge in [-0.05, 0) is 38.1 Å². The normalized spacial score (nSPS) is 17.2. The molecule has 0 aliphatic carbocycles. The van der Waals surface area contributed by atoms with Crippen LogP contribution in [0, 0.1) is 5.92 Å². The molecule has 1 fully saturated rings. The second kappa shape index (κ2) is 8.14. The quantitative estimate of drug-likeness (QED) is 0.820. The summed E-state index contributed by atoms with van der Waals surface area (Å²) in [5, 5.41) is 3.11. The van der Waals surface area contributed by atoms with Gasteiger partial charge in [0.1, 0.15) is 0 Å². The SMILES string of the molecule is CNCC1CCN(C(=O)c2cc(OC)c(OC(F)F)c(OC)c2)C1. The topological polar surface area (TPSA) is 60.0 Å². The van der Waals surface area contributed by atoms with Crippen LogP contribution in [-0.2, 0) is 0 Å². The van der Waals surface area contributed by atoms with Crippen molar-refractivity contribution in [2.45, 2.75) is 13.0 Å². The van der Waals surface area contributed by atoms with Gasteiger partial charge in [0.25, 0.3) is 5.91 Å². The molecule has 1 aromatic carbocycles. The van der Waals surface area contributed by atoms with E-state index >= 15 is 0 Å². The lowest BCUT2D eigenvalue weighted by molar-refractivity contribution is -0.0526. The number of nitrogens with one attached hydrogen (secondary N) is 1. The van der Waals surface area contributed by atoms with E-state index in [0.29, 0.717) is 24.6 Å². The zero-order valence-electron chi connectivity index (χ0n) is 14.0. The van der Waals surface area contributed by atoms with E-state index in [-0.39, 0.29) is 23.2 Å². The fourth-order valence-corrected chi connectivity index (χ4v) is 2.86. The molecule has 1 aliphatic heterocycles. The molecule has 1 amide bonds. The highest BCUT2D eigenvalue weighted by Crippen LogP contribution is 2.40. The molecule has 0 radical (unpaired) electrons. The van der Waals surface area contributed by atoms with Crippen LogP contribution in [-0.4, -0.2) is 58.3 Å². The lowest BCUT2D eigenvalue weighted by atomic mass is 10.1. The number of amides is 1. The van der Waals surface area contributed by atoms with Crippen molar-refractivity contribution in [1.29, 1.82) is 0 Å². The molecule has 1 unspecified atom stereocenters. The van der Waals surface area contributed by atoms with E-state index in [4.69, 9.17) is 9.47 Å². The molecule has 1 N–H and O–H groups in total. The number of methoxy groups -OCH3 is 2. The molecule has 1 atom stereocenters. The van der Waals surface area contributed by atoms with Crippen molar-refractivity contribution in [3.8, 4) is 17.2 Å². The maximum absolute atomic E-state index is 12.7. The van der Waals surface area contributed by atoms with Crippen molar-refractivity contribution in [3.63, 3.8) is 0 Å². The molecule has 24 heavy (non-hydrogen) atoms. The molecule has 1 aromatic rings. The number of benzene rings is 1. The van der Waals surface area contributed by atoms with Gasteiger partial charge >= 0.3 is 6.61 Å². The number of hydrogen-bond donors (Lipinski definition) is 1. The first-order chi connectivity index (χ1) is 11.5. The van der Waals surface area contributed by atoms with Gasteiger partial charge in [-0.15, -0.1) is 0 Å². The molecule has 6 nitrogen and oxygen atoms in total. The first kappa shape index (κ1) is 18.3. The molecule has 1 aliphatic rings. The van der Waals surface area contributed by atoms with Crippen LogP contribution in [0.1, 0.15) is 16.8 Å². The Labute approximate surface area is 139 Å². The maximum atomic E-state index is 12.7. The summed E-state index contributed by atoms with van der Waals surface area (Å²) in [6.45, 7) is -0.863. The monoisotopic (exact) mass is 344 g/mol. The molecule has 0 bridgehead atoms. The predicted octanol–water partition coefficient (Wildman–Crippen LogP) is 1.99. The largest absolute Gasteiger partial charge is 0.493 e. The van der Waals surface area contributed by atoms with Gasteiger partial charge in [0.2, 0.25) is 5.75 Å². The van der Waals surface area contributed by atoms with Gasteiger partial charge in [0, 0.05) is 18.7 Å². The minimum absolute atomic E-state index is 0.0315. The number of nitrogens with zero attached hydrogens (tertiary/aromatic N) is 1. The highest BCUT2D eigenvalue weighted by atomic mass is 19.3. The number of alkyl halides is 2. The van der Waals surface area contributed by atoms with E-state index in [1.54, 1.807) is 4.90 Å². The van der Waals surface area contributed by atoms with Crippen molar-refractivity contribution in [3.05, 3.63) is 17.7 Å². The number of halogens is 2. The summed E-state index contributed by atoms with van der Waals surface area (Å²) >= 11 is 0. The van der Waals surface area contributed by atoms with Crippen LogP contribution in [0.25, 0.3) is 0 Å². The van der Waals surface area contributed by atoms with Crippen LogP contribution in [0.3, 0.4) is 0 Å². The van der Waals surface area contributed by atoms with E-state index in [9.17, 15) is 13.6 Å². The molecule has 8 heteroatoms. The van der Waals surface area contributed by atoms with Gasteiger partial charge in [-0.3, -0.25) is 4.79 Å². The predicted molar refractivity (Wildman–Crippen MR) is 84.1 cm³/mol. The van der Waals surface area contributed by atoms with E-state index < -0.39 is 6.61 Å². The number of rotatable bonds is 7. The highest BCUT2D eigenvalue weighted by molar-refractivity contribution is 5.95. The molecule has 0 saturated carbocycles. The number of hydrogen-bond acceptors (Lipinski definition) is 5. The van der Waals surface area contributed by atoms with Crippen LogP contribution in [0.4, 0.5) is 8.78 Å². The van der Waals surface area contributed by atoms with Crippen molar-refractivity contribution < 1.29 is 27.8 Å². The maximum Gasteiger partial charge on any atom is 0.387 e. The average molecular weight is 344 g/mol. The third-order valence-corrected chi connectivity index (χ3v) is 3.98.